The molecule has 1 saturated heterocycles. The third kappa shape index (κ3) is 1.99. The highest BCUT2D eigenvalue weighted by atomic mass is 127. The van der Waals surface area contributed by atoms with Gasteiger partial charge < -0.3 is 10.3 Å². The van der Waals surface area contributed by atoms with Crippen LogP contribution in [-0.4, -0.2) is 34.9 Å². The number of rotatable bonds is 2. The van der Waals surface area contributed by atoms with E-state index in [1.165, 1.54) is 7.05 Å². The van der Waals surface area contributed by atoms with Crippen LogP contribution in [0.1, 0.15) is 5.56 Å². The molecule has 2 aromatic rings. The molecule has 2 heterocycles. The van der Waals surface area contributed by atoms with Crippen molar-refractivity contribution >= 4 is 45.4 Å². The molecule has 0 unspecified atom stereocenters. The third-order valence-corrected chi connectivity index (χ3v) is 4.30. The van der Waals surface area contributed by atoms with Gasteiger partial charge >= 0.3 is 6.03 Å². The quantitative estimate of drug-likeness (QED) is 0.627. The minimum atomic E-state index is -0.464. The van der Waals surface area contributed by atoms with Crippen LogP contribution < -0.4 is 5.32 Å². The van der Waals surface area contributed by atoms with Gasteiger partial charge in [-0.2, -0.15) is 0 Å². The molecule has 3 amide bonds. The van der Waals surface area contributed by atoms with Crippen molar-refractivity contribution in [3.8, 4) is 0 Å². The molecule has 0 radical (unpaired) electrons. The number of fused-ring (bicyclic) bond motifs is 1. The molecule has 1 aliphatic rings. The Labute approximate surface area is 123 Å². The fraction of sp³-hybridized carbons (Fsp3) is 0.231. The van der Waals surface area contributed by atoms with Gasteiger partial charge in [0.1, 0.15) is 6.04 Å². The number of aromatic amines is 1. The number of H-pyrrole nitrogens is 1. The Morgan fingerprint density at radius 2 is 2.16 bits per heavy atom. The summed E-state index contributed by atoms with van der Waals surface area (Å²) in [5.74, 6) is -0.176. The molecule has 6 heteroatoms. The van der Waals surface area contributed by atoms with E-state index >= 15 is 0 Å². The summed E-state index contributed by atoms with van der Waals surface area (Å²) in [5.41, 5.74) is 2.12. The molecular formula is C13H12IN3O2. The number of urea groups is 1. The average molecular weight is 369 g/mol. The maximum absolute atomic E-state index is 11.9. The Bertz CT molecular complexity index is 680. The van der Waals surface area contributed by atoms with Crippen LogP contribution in [-0.2, 0) is 11.2 Å². The second-order valence-corrected chi connectivity index (χ2v) is 5.74. The standard InChI is InChI=1S/C13H12IN3O2/c1-17-12(18)10(16-13(17)19)5-7-6-15-11-8(7)3-2-4-9(11)14/h2-4,6,10,15H,5H2,1H3,(H,16,19)/t10-/m1/s1. The Hall–Kier alpha value is -1.57. The summed E-state index contributed by atoms with van der Waals surface area (Å²) in [7, 11) is 1.50. The van der Waals surface area contributed by atoms with Crippen LogP contribution in [0.15, 0.2) is 24.4 Å². The number of aromatic nitrogens is 1. The summed E-state index contributed by atoms with van der Waals surface area (Å²) in [4.78, 5) is 27.7. The second-order valence-electron chi connectivity index (χ2n) is 4.58. The monoisotopic (exact) mass is 369 g/mol. The SMILES string of the molecule is CN1C(=O)N[C@H](Cc2c[nH]c3c(I)cccc23)C1=O. The highest BCUT2D eigenvalue weighted by Crippen LogP contribution is 2.24. The zero-order valence-corrected chi connectivity index (χ0v) is 12.4. The molecule has 1 atom stereocenters. The molecular weight excluding hydrogens is 357 g/mol. The van der Waals surface area contributed by atoms with E-state index in [1.807, 2.05) is 24.4 Å². The summed E-state index contributed by atoms with van der Waals surface area (Å²) < 4.78 is 1.14. The van der Waals surface area contributed by atoms with E-state index in [4.69, 9.17) is 0 Å². The lowest BCUT2D eigenvalue weighted by Gasteiger charge is -2.07. The van der Waals surface area contributed by atoms with Gasteiger partial charge in [0.2, 0.25) is 0 Å². The predicted octanol–water partition coefficient (Wildman–Crippen LogP) is 1.87. The minimum absolute atomic E-state index is 0.176. The number of carbonyl (C=O) groups is 2. The normalized spacial score (nSPS) is 19.3. The maximum atomic E-state index is 11.9. The Morgan fingerprint density at radius 1 is 1.37 bits per heavy atom. The Balaban J connectivity index is 1.93. The lowest BCUT2D eigenvalue weighted by Crippen LogP contribution is -2.31. The fourth-order valence-electron chi connectivity index (χ4n) is 2.34. The number of likely N-dealkylation sites (N-methyl/N-ethyl adjacent to an activating group) is 1. The predicted molar refractivity (Wildman–Crippen MR) is 79.8 cm³/mol. The molecule has 19 heavy (non-hydrogen) atoms. The van der Waals surface area contributed by atoms with Crippen molar-refractivity contribution in [2.75, 3.05) is 7.05 Å². The van der Waals surface area contributed by atoms with Gasteiger partial charge in [-0.15, -0.1) is 0 Å². The van der Waals surface area contributed by atoms with Crippen molar-refractivity contribution in [1.82, 2.24) is 15.2 Å². The number of benzene rings is 1. The highest BCUT2D eigenvalue weighted by molar-refractivity contribution is 14.1. The zero-order valence-electron chi connectivity index (χ0n) is 10.2. The van der Waals surface area contributed by atoms with Crippen LogP contribution in [0.2, 0.25) is 0 Å². The molecule has 1 aromatic heterocycles. The van der Waals surface area contributed by atoms with Crippen LogP contribution in [0.4, 0.5) is 4.79 Å². The number of hydrogen-bond donors (Lipinski definition) is 2. The summed E-state index contributed by atoms with van der Waals surface area (Å²) in [6, 6.07) is 5.25. The summed E-state index contributed by atoms with van der Waals surface area (Å²) in [6.07, 6.45) is 2.42. The van der Waals surface area contributed by atoms with Gasteiger partial charge in [-0.1, -0.05) is 12.1 Å². The van der Waals surface area contributed by atoms with Gasteiger partial charge in [0, 0.05) is 28.6 Å². The first-order valence-corrected chi connectivity index (χ1v) is 6.98. The van der Waals surface area contributed by atoms with Gasteiger partial charge in [0.05, 0.1) is 5.52 Å². The Kier molecular flexibility index (Phi) is 2.96. The highest BCUT2D eigenvalue weighted by Gasteiger charge is 2.35. The van der Waals surface area contributed by atoms with E-state index < -0.39 is 6.04 Å². The van der Waals surface area contributed by atoms with Gasteiger partial charge in [0.15, 0.2) is 0 Å². The molecule has 3 rings (SSSR count). The van der Waals surface area contributed by atoms with E-state index in [0.717, 1.165) is 24.9 Å². The maximum Gasteiger partial charge on any atom is 0.324 e. The first-order valence-electron chi connectivity index (χ1n) is 5.90. The number of halogens is 1. The number of carbonyl (C=O) groups excluding carboxylic acids is 2. The van der Waals surface area contributed by atoms with Crippen molar-refractivity contribution in [2.24, 2.45) is 0 Å². The van der Waals surface area contributed by atoms with Gasteiger partial charge in [0.25, 0.3) is 5.91 Å². The van der Waals surface area contributed by atoms with E-state index in [1.54, 1.807) is 0 Å². The van der Waals surface area contributed by atoms with Gasteiger partial charge in [-0.05, 0) is 34.2 Å². The van der Waals surface area contributed by atoms with Crippen molar-refractivity contribution in [2.45, 2.75) is 12.5 Å². The van der Waals surface area contributed by atoms with Crippen LogP contribution >= 0.6 is 22.6 Å². The first-order chi connectivity index (χ1) is 9.08. The Morgan fingerprint density at radius 3 is 2.84 bits per heavy atom. The molecule has 1 aliphatic heterocycles. The van der Waals surface area contributed by atoms with Crippen LogP contribution in [0.25, 0.3) is 10.9 Å². The van der Waals surface area contributed by atoms with Crippen LogP contribution in [0.3, 0.4) is 0 Å². The molecule has 98 valence electrons. The summed E-state index contributed by atoms with van der Waals surface area (Å²) in [5, 5.41) is 3.79. The molecule has 0 saturated carbocycles. The summed E-state index contributed by atoms with van der Waals surface area (Å²) >= 11 is 2.27. The van der Waals surface area contributed by atoms with Crippen LogP contribution in [0, 0.1) is 3.57 Å². The average Bonchev–Trinajstić information content (AvgIpc) is 2.90. The van der Waals surface area contributed by atoms with E-state index in [2.05, 4.69) is 32.9 Å². The fourth-order valence-corrected chi connectivity index (χ4v) is 3.00. The van der Waals surface area contributed by atoms with E-state index in [9.17, 15) is 9.59 Å². The number of amides is 3. The molecule has 2 N–H and O–H groups in total. The number of nitrogens with one attached hydrogen (secondary N) is 2. The first kappa shape index (κ1) is 12.5. The number of imide groups is 1. The van der Waals surface area contributed by atoms with Crippen molar-refractivity contribution < 1.29 is 9.59 Å². The van der Waals surface area contributed by atoms with Crippen LogP contribution in [0.5, 0.6) is 0 Å². The number of nitrogens with zero attached hydrogens (tertiary/aromatic N) is 1. The molecule has 0 spiro atoms. The van der Waals surface area contributed by atoms with Crippen molar-refractivity contribution in [3.05, 3.63) is 33.5 Å². The van der Waals surface area contributed by atoms with E-state index in [0.29, 0.717) is 6.42 Å². The molecule has 0 aliphatic carbocycles. The second kappa shape index (κ2) is 4.52. The van der Waals surface area contributed by atoms with Gasteiger partial charge in [-0.25, -0.2) is 4.79 Å². The number of para-hydroxylation sites is 1. The van der Waals surface area contributed by atoms with Crippen molar-refractivity contribution in [3.63, 3.8) is 0 Å². The zero-order chi connectivity index (χ0) is 13.6. The molecule has 5 nitrogen and oxygen atoms in total. The van der Waals surface area contributed by atoms with E-state index in [-0.39, 0.29) is 11.9 Å². The lowest BCUT2D eigenvalue weighted by atomic mass is 10.1. The molecule has 1 aromatic carbocycles. The largest absolute Gasteiger partial charge is 0.360 e. The summed E-state index contributed by atoms with van der Waals surface area (Å²) in [6.45, 7) is 0. The molecule has 1 fully saturated rings. The lowest BCUT2D eigenvalue weighted by molar-refractivity contribution is -0.126. The minimum Gasteiger partial charge on any atom is -0.360 e. The van der Waals surface area contributed by atoms with Gasteiger partial charge in [-0.3, -0.25) is 9.69 Å². The third-order valence-electron chi connectivity index (χ3n) is 3.41. The topological polar surface area (TPSA) is 65.2 Å². The van der Waals surface area contributed by atoms with Crippen molar-refractivity contribution in [1.29, 1.82) is 0 Å². The molecule has 0 bridgehead atoms. The smallest absolute Gasteiger partial charge is 0.324 e. The number of hydrogen-bond acceptors (Lipinski definition) is 2.